The van der Waals surface area contributed by atoms with Gasteiger partial charge in [0.05, 0.1) is 6.54 Å². The Labute approximate surface area is 130 Å². The number of nitrogens with zero attached hydrogens (tertiary/aromatic N) is 1. The van der Waals surface area contributed by atoms with Crippen molar-refractivity contribution in [2.24, 2.45) is 0 Å². The van der Waals surface area contributed by atoms with E-state index in [0.29, 0.717) is 13.2 Å². The minimum atomic E-state index is 0.572. The zero-order chi connectivity index (χ0) is 15.5. The lowest BCUT2D eigenvalue weighted by Crippen LogP contribution is -2.08. The molecule has 3 aromatic rings. The molecule has 22 heavy (non-hydrogen) atoms. The number of para-hydroxylation sites is 2. The van der Waals surface area contributed by atoms with E-state index in [-0.39, 0.29) is 0 Å². The Bertz CT molecular complexity index is 797. The van der Waals surface area contributed by atoms with Crippen LogP contribution in [0.3, 0.4) is 0 Å². The van der Waals surface area contributed by atoms with Crippen molar-refractivity contribution >= 4 is 17.2 Å². The quantitative estimate of drug-likeness (QED) is 0.662. The molecule has 3 rings (SSSR count). The average molecular weight is 293 g/mol. The predicted octanol–water partition coefficient (Wildman–Crippen LogP) is 4.15. The molecule has 2 aromatic carbocycles. The van der Waals surface area contributed by atoms with Crippen LogP contribution in [-0.4, -0.2) is 17.5 Å². The van der Waals surface area contributed by atoms with Gasteiger partial charge in [-0.25, -0.2) is 0 Å². The fraction of sp³-hybridized carbons (Fsp3) is 0.211. The van der Waals surface area contributed by atoms with Crippen LogP contribution >= 0.6 is 0 Å². The summed E-state index contributed by atoms with van der Waals surface area (Å²) < 4.78 is 8.03. The largest absolute Gasteiger partial charge is 0.491 e. The van der Waals surface area contributed by atoms with Crippen LogP contribution in [0.25, 0.3) is 10.9 Å². The van der Waals surface area contributed by atoms with Gasteiger partial charge in [0.2, 0.25) is 0 Å². The number of hydrogen-bond donors (Lipinski definition) is 0. The number of hydrogen-bond acceptors (Lipinski definition) is 2. The molecule has 0 N–H and O–H groups in total. The normalized spacial score (nSPS) is 10.8. The van der Waals surface area contributed by atoms with Crippen LogP contribution in [-0.2, 0) is 6.54 Å². The zero-order valence-electron chi connectivity index (χ0n) is 12.9. The Balaban J connectivity index is 1.79. The summed E-state index contributed by atoms with van der Waals surface area (Å²) in [5.41, 5.74) is 4.08. The molecule has 0 amide bonds. The van der Waals surface area contributed by atoms with E-state index < -0.39 is 0 Å². The number of aldehydes is 1. The highest BCUT2D eigenvalue weighted by atomic mass is 16.5. The van der Waals surface area contributed by atoms with E-state index in [2.05, 4.69) is 30.5 Å². The van der Waals surface area contributed by atoms with Crippen LogP contribution in [0.5, 0.6) is 5.75 Å². The van der Waals surface area contributed by atoms with E-state index in [1.165, 1.54) is 0 Å². The first-order valence-corrected chi connectivity index (χ1v) is 7.43. The molecule has 0 spiro atoms. The maximum absolute atomic E-state index is 11.2. The maximum atomic E-state index is 11.2. The Morgan fingerprint density at radius 1 is 1.05 bits per heavy atom. The monoisotopic (exact) mass is 293 g/mol. The van der Waals surface area contributed by atoms with Gasteiger partial charge < -0.3 is 9.30 Å². The topological polar surface area (TPSA) is 31.2 Å². The van der Waals surface area contributed by atoms with Gasteiger partial charge in [0.25, 0.3) is 0 Å². The molecule has 0 saturated heterocycles. The molecule has 1 aromatic heterocycles. The van der Waals surface area contributed by atoms with Gasteiger partial charge in [-0.1, -0.05) is 36.4 Å². The molecule has 0 atom stereocenters. The second-order valence-electron chi connectivity index (χ2n) is 5.48. The minimum Gasteiger partial charge on any atom is -0.491 e. The van der Waals surface area contributed by atoms with Crippen molar-refractivity contribution in [3.63, 3.8) is 0 Å². The van der Waals surface area contributed by atoms with Gasteiger partial charge in [0.15, 0.2) is 6.29 Å². The molecule has 0 bridgehead atoms. The van der Waals surface area contributed by atoms with E-state index in [4.69, 9.17) is 4.74 Å². The number of ether oxygens (including phenoxy) is 1. The van der Waals surface area contributed by atoms with Gasteiger partial charge >= 0.3 is 0 Å². The number of carbonyl (C=O) groups is 1. The summed E-state index contributed by atoms with van der Waals surface area (Å²) >= 11 is 0. The lowest BCUT2D eigenvalue weighted by Gasteiger charge is -2.12. The van der Waals surface area contributed by atoms with Crippen molar-refractivity contribution in [1.29, 1.82) is 0 Å². The average Bonchev–Trinajstić information content (AvgIpc) is 2.88. The summed E-state index contributed by atoms with van der Waals surface area (Å²) in [6.07, 6.45) is 2.80. The maximum Gasteiger partial charge on any atom is 0.152 e. The number of fused-ring (bicyclic) bond motifs is 1. The van der Waals surface area contributed by atoms with Crippen LogP contribution in [0.4, 0.5) is 0 Å². The minimum absolute atomic E-state index is 0.572. The Morgan fingerprint density at radius 3 is 2.50 bits per heavy atom. The van der Waals surface area contributed by atoms with E-state index in [1.54, 1.807) is 0 Å². The fourth-order valence-electron chi connectivity index (χ4n) is 2.83. The number of rotatable bonds is 5. The lowest BCUT2D eigenvalue weighted by atomic mass is 10.1. The first-order valence-electron chi connectivity index (χ1n) is 7.43. The third kappa shape index (κ3) is 2.62. The van der Waals surface area contributed by atoms with E-state index >= 15 is 0 Å². The lowest BCUT2D eigenvalue weighted by molar-refractivity contribution is 0.112. The molecule has 0 fully saturated rings. The van der Waals surface area contributed by atoms with Gasteiger partial charge in [0, 0.05) is 22.7 Å². The summed E-state index contributed by atoms with van der Waals surface area (Å²) in [7, 11) is 0. The van der Waals surface area contributed by atoms with Crippen molar-refractivity contribution in [2.75, 3.05) is 6.61 Å². The molecule has 3 heteroatoms. The second-order valence-corrected chi connectivity index (χ2v) is 5.48. The summed E-state index contributed by atoms with van der Waals surface area (Å²) in [5, 5.41) is 0.990. The molecular weight excluding hydrogens is 274 g/mol. The van der Waals surface area contributed by atoms with Crippen LogP contribution in [0, 0.1) is 13.8 Å². The molecule has 112 valence electrons. The summed E-state index contributed by atoms with van der Waals surface area (Å²) in [6, 6.07) is 14.1. The van der Waals surface area contributed by atoms with Gasteiger partial charge in [-0.3, -0.25) is 4.79 Å². The van der Waals surface area contributed by atoms with Gasteiger partial charge in [-0.15, -0.1) is 0 Å². The highest BCUT2D eigenvalue weighted by molar-refractivity contribution is 5.97. The molecule has 0 radical (unpaired) electrons. The van der Waals surface area contributed by atoms with Gasteiger partial charge in [-0.2, -0.15) is 0 Å². The van der Waals surface area contributed by atoms with Crippen molar-refractivity contribution in [3.05, 3.63) is 65.4 Å². The number of carbonyl (C=O) groups excluding carboxylic acids is 1. The van der Waals surface area contributed by atoms with Crippen LogP contribution in [0.1, 0.15) is 21.5 Å². The second kappa shape index (κ2) is 6.06. The Hall–Kier alpha value is -2.55. The number of benzene rings is 2. The standard InChI is InChI=1S/C19H19NO2/c1-14-6-5-7-15(2)19(14)22-11-10-20-12-16(13-21)17-8-3-4-9-18(17)20/h3-9,12-13H,10-11H2,1-2H3. The van der Waals surface area contributed by atoms with Crippen molar-refractivity contribution in [2.45, 2.75) is 20.4 Å². The van der Waals surface area contributed by atoms with Crippen LogP contribution in [0.15, 0.2) is 48.7 Å². The molecule has 0 unspecified atom stereocenters. The molecule has 0 aliphatic rings. The smallest absolute Gasteiger partial charge is 0.152 e. The summed E-state index contributed by atoms with van der Waals surface area (Å²) in [5.74, 6) is 0.953. The predicted molar refractivity (Wildman–Crippen MR) is 88.7 cm³/mol. The zero-order valence-corrected chi connectivity index (χ0v) is 12.9. The molecule has 0 aliphatic heterocycles. The van der Waals surface area contributed by atoms with E-state index in [9.17, 15) is 4.79 Å². The molecule has 0 aliphatic carbocycles. The van der Waals surface area contributed by atoms with Crippen molar-refractivity contribution in [1.82, 2.24) is 4.57 Å². The first-order chi connectivity index (χ1) is 10.7. The molecule has 0 saturated carbocycles. The highest BCUT2D eigenvalue weighted by Crippen LogP contribution is 2.23. The van der Waals surface area contributed by atoms with Crippen molar-refractivity contribution in [3.8, 4) is 5.75 Å². The van der Waals surface area contributed by atoms with Crippen molar-refractivity contribution < 1.29 is 9.53 Å². The molecule has 1 heterocycles. The Morgan fingerprint density at radius 2 is 1.77 bits per heavy atom. The number of aryl methyl sites for hydroxylation is 2. The van der Waals surface area contributed by atoms with Crippen LogP contribution in [0.2, 0.25) is 0 Å². The fourth-order valence-corrected chi connectivity index (χ4v) is 2.83. The first kappa shape index (κ1) is 14.4. The number of aromatic nitrogens is 1. The third-order valence-electron chi connectivity index (χ3n) is 3.93. The van der Waals surface area contributed by atoms with Crippen LogP contribution < -0.4 is 4.74 Å². The van der Waals surface area contributed by atoms with E-state index in [0.717, 1.165) is 39.6 Å². The third-order valence-corrected chi connectivity index (χ3v) is 3.93. The molecular formula is C19H19NO2. The summed E-state index contributed by atoms with van der Waals surface area (Å²) in [4.78, 5) is 11.2. The highest BCUT2D eigenvalue weighted by Gasteiger charge is 2.08. The molecule has 3 nitrogen and oxygen atoms in total. The van der Waals surface area contributed by atoms with E-state index in [1.807, 2.05) is 36.5 Å². The SMILES string of the molecule is Cc1cccc(C)c1OCCn1cc(C=O)c2ccccc21. The van der Waals surface area contributed by atoms with Gasteiger partial charge in [-0.05, 0) is 31.0 Å². The Kier molecular flexibility index (Phi) is 3.96. The van der Waals surface area contributed by atoms with Gasteiger partial charge in [0.1, 0.15) is 12.4 Å². The summed E-state index contributed by atoms with van der Waals surface area (Å²) in [6.45, 7) is 5.39.